The molecule has 0 saturated carbocycles. The Morgan fingerprint density at radius 2 is 2.53 bits per heavy atom. The molecule has 0 fully saturated rings. The van der Waals surface area contributed by atoms with Gasteiger partial charge in [-0.25, -0.2) is 0 Å². The molecule has 0 amide bonds. The summed E-state index contributed by atoms with van der Waals surface area (Å²) in [5.41, 5.74) is 0. The Bertz CT molecular complexity index is 403. The van der Waals surface area contributed by atoms with E-state index in [2.05, 4.69) is 4.98 Å². The summed E-state index contributed by atoms with van der Waals surface area (Å²) in [6.45, 7) is 2.37. The summed E-state index contributed by atoms with van der Waals surface area (Å²) < 4.78 is 12.2. The molecule has 0 unspecified atom stereocenters. The highest BCUT2D eigenvalue weighted by Gasteiger charge is 2.36. The molecule has 1 atom stereocenters. The number of aryl methyl sites for hydroxylation is 1. The molecule has 0 radical (unpaired) electrons. The quantitative estimate of drug-likeness (QED) is 0.539. The lowest BCUT2D eigenvalue weighted by molar-refractivity contribution is -0.389. The van der Waals surface area contributed by atoms with Gasteiger partial charge in [-0.3, -0.25) is 4.57 Å². The molecule has 0 spiro atoms. The average molecular weight is 213 g/mol. The van der Waals surface area contributed by atoms with Crippen LogP contribution < -0.4 is 4.74 Å². The topological polar surface area (TPSA) is 79.4 Å². The third-order valence-corrected chi connectivity index (χ3v) is 2.46. The molecular formula is C8H11N3O4. The first-order valence-electron chi connectivity index (χ1n) is 4.50. The van der Waals surface area contributed by atoms with Crippen LogP contribution in [-0.2, 0) is 11.3 Å². The summed E-state index contributed by atoms with van der Waals surface area (Å²) in [6.07, 6.45) is 1.99. The maximum absolute atomic E-state index is 10.5. The number of fused-ring (bicyclic) bond motifs is 1. The number of aromatic nitrogens is 2. The highest BCUT2D eigenvalue weighted by molar-refractivity contribution is 5.21. The van der Waals surface area contributed by atoms with Crippen molar-refractivity contribution in [3.05, 3.63) is 16.3 Å². The smallest absolute Gasteiger partial charge is 0.413 e. The minimum atomic E-state index is -0.741. The summed E-state index contributed by atoms with van der Waals surface area (Å²) in [4.78, 5) is 13.7. The van der Waals surface area contributed by atoms with Crippen molar-refractivity contribution < 1.29 is 14.4 Å². The molecule has 0 aromatic carbocycles. The third-order valence-electron chi connectivity index (χ3n) is 2.46. The van der Waals surface area contributed by atoms with E-state index in [9.17, 15) is 10.1 Å². The number of hydrogen-bond acceptors (Lipinski definition) is 5. The Balaban J connectivity index is 2.30. The second-order valence-corrected chi connectivity index (χ2v) is 3.52. The maximum Gasteiger partial charge on any atom is 0.416 e. The number of rotatable bonds is 2. The fraction of sp³-hybridized carbons (Fsp3) is 0.625. The lowest BCUT2D eigenvalue weighted by Gasteiger charge is -2.30. The summed E-state index contributed by atoms with van der Waals surface area (Å²) in [7, 11) is 1.53. The highest BCUT2D eigenvalue weighted by atomic mass is 16.7. The van der Waals surface area contributed by atoms with Crippen molar-refractivity contribution in [2.45, 2.75) is 25.7 Å². The first-order valence-corrected chi connectivity index (χ1v) is 4.50. The highest BCUT2D eigenvalue weighted by Crippen LogP contribution is 2.29. The molecule has 1 aliphatic rings. The van der Waals surface area contributed by atoms with Crippen LogP contribution in [0.2, 0.25) is 0 Å². The molecule has 7 heteroatoms. The Morgan fingerprint density at radius 3 is 3.13 bits per heavy atom. The number of methoxy groups -OCH3 is 1. The van der Waals surface area contributed by atoms with E-state index in [4.69, 9.17) is 9.47 Å². The monoisotopic (exact) mass is 213 g/mol. The van der Waals surface area contributed by atoms with Crippen LogP contribution in [0.15, 0.2) is 6.20 Å². The van der Waals surface area contributed by atoms with Gasteiger partial charge in [-0.2, -0.15) is 0 Å². The van der Waals surface area contributed by atoms with E-state index >= 15 is 0 Å². The maximum atomic E-state index is 10.5. The zero-order chi connectivity index (χ0) is 11.1. The van der Waals surface area contributed by atoms with Crippen LogP contribution in [-0.4, -0.2) is 27.4 Å². The normalized spacial score (nSPS) is 24.4. The van der Waals surface area contributed by atoms with Crippen LogP contribution in [0.4, 0.5) is 5.82 Å². The Kier molecular flexibility index (Phi) is 2.11. The number of imidazole rings is 1. The van der Waals surface area contributed by atoms with Crippen molar-refractivity contribution in [1.82, 2.24) is 9.55 Å². The van der Waals surface area contributed by atoms with E-state index in [-0.39, 0.29) is 11.8 Å². The Morgan fingerprint density at radius 1 is 1.80 bits per heavy atom. The molecule has 0 aliphatic carbocycles. The van der Waals surface area contributed by atoms with Crippen molar-refractivity contribution in [2.24, 2.45) is 0 Å². The Labute approximate surface area is 85.8 Å². The molecule has 0 saturated heterocycles. The van der Waals surface area contributed by atoms with Gasteiger partial charge in [-0.15, -0.1) is 0 Å². The van der Waals surface area contributed by atoms with Gasteiger partial charge in [0.2, 0.25) is 5.79 Å². The van der Waals surface area contributed by atoms with Gasteiger partial charge in [-0.1, -0.05) is 0 Å². The number of nitrogens with zero attached hydrogens (tertiary/aromatic N) is 3. The second kappa shape index (κ2) is 3.20. The molecule has 15 heavy (non-hydrogen) atoms. The minimum Gasteiger partial charge on any atom is -0.413 e. The Hall–Kier alpha value is -1.63. The summed E-state index contributed by atoms with van der Waals surface area (Å²) in [5, 5.41) is 10.5. The van der Waals surface area contributed by atoms with E-state index < -0.39 is 10.7 Å². The predicted molar refractivity (Wildman–Crippen MR) is 49.5 cm³/mol. The largest absolute Gasteiger partial charge is 0.416 e. The second-order valence-electron chi connectivity index (χ2n) is 3.52. The van der Waals surface area contributed by atoms with E-state index in [1.165, 1.54) is 13.3 Å². The van der Waals surface area contributed by atoms with Crippen molar-refractivity contribution in [3.8, 4) is 6.01 Å². The van der Waals surface area contributed by atoms with Crippen LogP contribution in [0.1, 0.15) is 13.3 Å². The van der Waals surface area contributed by atoms with Gasteiger partial charge in [-0.05, 0) is 4.92 Å². The average Bonchev–Trinajstić information content (AvgIpc) is 2.60. The van der Waals surface area contributed by atoms with Crippen LogP contribution in [0, 0.1) is 10.1 Å². The molecular weight excluding hydrogens is 202 g/mol. The SMILES string of the molecule is CO[C@@]1(C)CCn2cc([N+](=O)[O-])nc2O1. The molecule has 2 heterocycles. The van der Waals surface area contributed by atoms with Crippen molar-refractivity contribution >= 4 is 5.82 Å². The molecule has 0 bridgehead atoms. The van der Waals surface area contributed by atoms with E-state index in [0.29, 0.717) is 13.0 Å². The van der Waals surface area contributed by atoms with Gasteiger partial charge < -0.3 is 19.6 Å². The first kappa shape index (κ1) is 9.91. The first-order chi connectivity index (χ1) is 7.04. The van der Waals surface area contributed by atoms with Crippen molar-refractivity contribution in [3.63, 3.8) is 0 Å². The molecule has 1 aliphatic heterocycles. The van der Waals surface area contributed by atoms with E-state index in [1.807, 2.05) is 0 Å². The fourth-order valence-corrected chi connectivity index (χ4v) is 1.43. The molecule has 1 aromatic rings. The number of nitro groups is 1. The van der Waals surface area contributed by atoms with Gasteiger partial charge >= 0.3 is 11.8 Å². The van der Waals surface area contributed by atoms with Crippen molar-refractivity contribution in [2.75, 3.05) is 7.11 Å². The van der Waals surface area contributed by atoms with Crippen LogP contribution in [0.5, 0.6) is 6.01 Å². The van der Waals surface area contributed by atoms with Crippen LogP contribution in [0.25, 0.3) is 0 Å². The zero-order valence-corrected chi connectivity index (χ0v) is 8.47. The summed E-state index contributed by atoms with van der Waals surface area (Å²) >= 11 is 0. The van der Waals surface area contributed by atoms with Gasteiger partial charge in [0.05, 0.1) is 0 Å². The van der Waals surface area contributed by atoms with Gasteiger partial charge in [0.25, 0.3) is 0 Å². The lowest BCUT2D eigenvalue weighted by Crippen LogP contribution is -2.39. The molecule has 0 N–H and O–H groups in total. The van der Waals surface area contributed by atoms with Gasteiger partial charge in [0.15, 0.2) is 0 Å². The van der Waals surface area contributed by atoms with E-state index in [1.54, 1.807) is 11.5 Å². The van der Waals surface area contributed by atoms with Crippen LogP contribution >= 0.6 is 0 Å². The summed E-state index contributed by atoms with van der Waals surface area (Å²) in [5.74, 6) is -0.944. The molecule has 1 aromatic heterocycles. The standard InChI is InChI=1S/C8H11N3O4/c1-8(14-2)3-4-10-5-6(11(12)13)9-7(10)15-8/h5H,3-4H2,1-2H3/t8-/m1/s1. The minimum absolute atomic E-state index is 0.203. The van der Waals surface area contributed by atoms with Gasteiger partial charge in [0.1, 0.15) is 6.20 Å². The summed E-state index contributed by atoms with van der Waals surface area (Å²) in [6, 6.07) is 0.234. The molecule has 2 rings (SSSR count). The number of hydrogen-bond donors (Lipinski definition) is 0. The van der Waals surface area contributed by atoms with E-state index in [0.717, 1.165) is 0 Å². The number of ether oxygens (including phenoxy) is 2. The van der Waals surface area contributed by atoms with Crippen molar-refractivity contribution in [1.29, 1.82) is 0 Å². The fourth-order valence-electron chi connectivity index (χ4n) is 1.43. The lowest BCUT2D eigenvalue weighted by atomic mass is 10.2. The molecule has 7 nitrogen and oxygen atoms in total. The zero-order valence-electron chi connectivity index (χ0n) is 8.47. The van der Waals surface area contributed by atoms with Gasteiger partial charge in [0, 0.05) is 32.0 Å². The third kappa shape index (κ3) is 1.65. The predicted octanol–water partition coefficient (Wildman–Crippen LogP) is 0.936. The van der Waals surface area contributed by atoms with Crippen LogP contribution in [0.3, 0.4) is 0 Å². The molecule has 82 valence electrons.